The van der Waals surface area contributed by atoms with Crippen molar-refractivity contribution in [1.82, 2.24) is 9.47 Å². The van der Waals surface area contributed by atoms with Crippen molar-refractivity contribution in [2.45, 2.75) is 59.5 Å². The highest BCUT2D eigenvalue weighted by Crippen LogP contribution is 2.52. The van der Waals surface area contributed by atoms with Crippen LogP contribution in [0.1, 0.15) is 57.3 Å². The Morgan fingerprint density at radius 1 is 1.17 bits per heavy atom. The maximum Gasteiger partial charge on any atom is 0.259 e. The van der Waals surface area contributed by atoms with Gasteiger partial charge in [-0.1, -0.05) is 20.8 Å². The molecule has 1 amide bonds. The summed E-state index contributed by atoms with van der Waals surface area (Å²) in [5.74, 6) is 1.07. The van der Waals surface area contributed by atoms with Crippen LogP contribution in [-0.2, 0) is 6.54 Å². The van der Waals surface area contributed by atoms with Gasteiger partial charge in [-0.15, -0.1) is 0 Å². The van der Waals surface area contributed by atoms with E-state index in [9.17, 15) is 9.59 Å². The monoisotopic (exact) mass is 396 g/mol. The predicted octanol–water partition coefficient (Wildman–Crippen LogP) is 3.79. The van der Waals surface area contributed by atoms with Crippen LogP contribution in [0.4, 0.5) is 0 Å². The number of pyridine rings is 1. The number of hydrogen-bond acceptors (Lipinski definition) is 4. The summed E-state index contributed by atoms with van der Waals surface area (Å²) in [4.78, 5) is 28.9. The summed E-state index contributed by atoms with van der Waals surface area (Å²) in [7, 11) is 0. The number of aryl methyl sites for hydroxylation is 1. The number of likely N-dealkylation sites (tertiary alicyclic amines) is 1. The third-order valence-corrected chi connectivity index (χ3v) is 6.82. The van der Waals surface area contributed by atoms with Gasteiger partial charge in [0.25, 0.3) is 5.91 Å². The molecular formula is C23H28N2O4. The van der Waals surface area contributed by atoms with Crippen LogP contribution in [0.25, 0.3) is 10.9 Å². The summed E-state index contributed by atoms with van der Waals surface area (Å²) in [5, 5.41) is 0.510. The second-order valence-corrected chi connectivity index (χ2v) is 10.0. The third kappa shape index (κ3) is 2.83. The highest BCUT2D eigenvalue weighted by molar-refractivity contribution is 5.98. The first-order valence-electron chi connectivity index (χ1n) is 10.5. The molecule has 154 valence electrons. The minimum absolute atomic E-state index is 0.134. The van der Waals surface area contributed by atoms with Gasteiger partial charge in [0.05, 0.1) is 10.9 Å². The lowest BCUT2D eigenvalue weighted by Crippen LogP contribution is -2.39. The molecule has 2 atom stereocenters. The molecule has 5 rings (SSSR count). The molecule has 0 N–H and O–H groups in total. The second kappa shape index (κ2) is 6.00. The van der Waals surface area contributed by atoms with Gasteiger partial charge in [-0.3, -0.25) is 9.59 Å². The van der Waals surface area contributed by atoms with Gasteiger partial charge in [-0.05, 0) is 43.1 Å². The van der Waals surface area contributed by atoms with Crippen LogP contribution in [0.2, 0.25) is 0 Å². The number of carbonyl (C=O) groups is 1. The van der Waals surface area contributed by atoms with Gasteiger partial charge in [-0.2, -0.15) is 0 Å². The van der Waals surface area contributed by atoms with Gasteiger partial charge in [0, 0.05) is 31.4 Å². The minimum Gasteiger partial charge on any atom is -0.454 e. The Labute approximate surface area is 170 Å². The number of amides is 1. The number of hydrogen-bond donors (Lipinski definition) is 0. The molecular weight excluding hydrogens is 368 g/mol. The molecule has 0 radical (unpaired) electrons. The molecule has 2 bridgehead atoms. The number of aromatic nitrogens is 1. The van der Waals surface area contributed by atoms with Crippen molar-refractivity contribution in [3.63, 3.8) is 0 Å². The number of nitrogens with zero attached hydrogens (tertiary/aromatic N) is 2. The lowest BCUT2D eigenvalue weighted by atomic mass is 9.65. The first-order valence-corrected chi connectivity index (χ1v) is 10.5. The Hall–Kier alpha value is -2.50. The molecule has 2 fully saturated rings. The molecule has 1 saturated carbocycles. The average molecular weight is 396 g/mol. The SMILES string of the molecule is CCn1cc(C(=O)N2C[C@]3(C)C[C@H]2CC(C)(C)C3)c(=O)c2cc3c(cc21)OCO3. The summed E-state index contributed by atoms with van der Waals surface area (Å²) in [5.41, 5.74) is 1.16. The van der Waals surface area contributed by atoms with Gasteiger partial charge in [0.2, 0.25) is 12.2 Å². The van der Waals surface area contributed by atoms with E-state index in [1.165, 1.54) is 0 Å². The van der Waals surface area contributed by atoms with E-state index in [4.69, 9.17) is 9.47 Å². The second-order valence-electron chi connectivity index (χ2n) is 10.0. The lowest BCUT2D eigenvalue weighted by molar-refractivity contribution is 0.0706. The number of ether oxygens (including phenoxy) is 2. The molecule has 29 heavy (non-hydrogen) atoms. The Kier molecular flexibility index (Phi) is 3.83. The van der Waals surface area contributed by atoms with Gasteiger partial charge >= 0.3 is 0 Å². The quantitative estimate of drug-likeness (QED) is 0.775. The van der Waals surface area contributed by atoms with E-state index >= 15 is 0 Å². The summed E-state index contributed by atoms with van der Waals surface area (Å²) in [6, 6.07) is 3.76. The molecule has 0 unspecified atom stereocenters. The van der Waals surface area contributed by atoms with Gasteiger partial charge in [0.1, 0.15) is 5.56 Å². The first-order chi connectivity index (χ1) is 13.7. The zero-order valence-corrected chi connectivity index (χ0v) is 17.6. The van der Waals surface area contributed by atoms with Gasteiger partial charge < -0.3 is 18.9 Å². The molecule has 2 aromatic rings. The maximum atomic E-state index is 13.6. The molecule has 6 heteroatoms. The van der Waals surface area contributed by atoms with Crippen LogP contribution in [0.15, 0.2) is 23.1 Å². The largest absolute Gasteiger partial charge is 0.454 e. The van der Waals surface area contributed by atoms with Gasteiger partial charge in [0.15, 0.2) is 11.5 Å². The molecule has 6 nitrogen and oxygen atoms in total. The number of rotatable bonds is 2. The van der Waals surface area contributed by atoms with E-state index < -0.39 is 0 Å². The molecule has 3 aliphatic rings. The van der Waals surface area contributed by atoms with Crippen molar-refractivity contribution in [2.75, 3.05) is 13.3 Å². The number of fused-ring (bicyclic) bond motifs is 4. The Morgan fingerprint density at radius 3 is 2.62 bits per heavy atom. The molecule has 1 aromatic heterocycles. The zero-order chi connectivity index (χ0) is 20.6. The number of benzene rings is 1. The van der Waals surface area contributed by atoms with Crippen molar-refractivity contribution in [2.24, 2.45) is 10.8 Å². The Morgan fingerprint density at radius 2 is 1.90 bits per heavy atom. The van der Waals surface area contributed by atoms with E-state index in [0.29, 0.717) is 23.4 Å². The smallest absolute Gasteiger partial charge is 0.259 e. The van der Waals surface area contributed by atoms with Crippen LogP contribution in [0.3, 0.4) is 0 Å². The minimum atomic E-state index is -0.223. The normalized spacial score (nSPS) is 26.9. The molecule has 3 heterocycles. The highest BCUT2D eigenvalue weighted by Gasteiger charge is 2.51. The highest BCUT2D eigenvalue weighted by atomic mass is 16.7. The van der Waals surface area contributed by atoms with Crippen LogP contribution in [0.5, 0.6) is 11.5 Å². The summed E-state index contributed by atoms with van der Waals surface area (Å²) < 4.78 is 12.9. The van der Waals surface area contributed by atoms with E-state index in [-0.39, 0.29) is 40.6 Å². The van der Waals surface area contributed by atoms with Crippen LogP contribution in [0, 0.1) is 10.8 Å². The topological polar surface area (TPSA) is 60.8 Å². The molecule has 1 aliphatic carbocycles. The van der Waals surface area contributed by atoms with E-state index in [1.54, 1.807) is 12.3 Å². The van der Waals surface area contributed by atoms with E-state index in [0.717, 1.165) is 31.3 Å². The van der Waals surface area contributed by atoms with E-state index in [2.05, 4.69) is 20.8 Å². The lowest BCUT2D eigenvalue weighted by Gasteiger charge is -2.39. The molecule has 0 spiro atoms. The Bertz CT molecular complexity index is 1090. The fourth-order valence-corrected chi connectivity index (χ4v) is 6.05. The van der Waals surface area contributed by atoms with Crippen molar-refractivity contribution in [3.8, 4) is 11.5 Å². The van der Waals surface area contributed by atoms with Crippen molar-refractivity contribution < 1.29 is 14.3 Å². The van der Waals surface area contributed by atoms with Crippen molar-refractivity contribution >= 4 is 16.8 Å². The molecule has 1 aromatic carbocycles. The van der Waals surface area contributed by atoms with Crippen molar-refractivity contribution in [1.29, 1.82) is 0 Å². The van der Waals surface area contributed by atoms with Gasteiger partial charge in [-0.25, -0.2) is 0 Å². The van der Waals surface area contributed by atoms with Crippen LogP contribution in [-0.4, -0.2) is 34.8 Å². The third-order valence-electron chi connectivity index (χ3n) is 6.82. The standard InChI is InChI=1S/C23H28N2O4/c1-5-24-10-16(20(26)15-6-18-19(7-17(15)24)29-13-28-18)21(27)25-12-23(4)9-14(25)8-22(2,3)11-23/h6-7,10,14H,5,8-9,11-13H2,1-4H3/t14-,23-/m1/s1. The van der Waals surface area contributed by atoms with Crippen LogP contribution >= 0.6 is 0 Å². The fraction of sp³-hybridized carbons (Fsp3) is 0.565. The maximum absolute atomic E-state index is 13.6. The van der Waals surface area contributed by atoms with E-state index in [1.807, 2.05) is 22.5 Å². The molecule has 2 aliphatic heterocycles. The number of carbonyl (C=O) groups excluding carboxylic acids is 1. The Balaban J connectivity index is 1.60. The zero-order valence-electron chi connectivity index (χ0n) is 17.6. The van der Waals surface area contributed by atoms with Crippen LogP contribution < -0.4 is 14.9 Å². The van der Waals surface area contributed by atoms with Crippen molar-refractivity contribution in [3.05, 3.63) is 34.1 Å². The fourth-order valence-electron chi connectivity index (χ4n) is 6.05. The molecule has 1 saturated heterocycles. The summed E-state index contributed by atoms with van der Waals surface area (Å²) in [6.45, 7) is 10.4. The predicted molar refractivity (Wildman–Crippen MR) is 111 cm³/mol. The average Bonchev–Trinajstić information content (AvgIpc) is 3.20. The first kappa shape index (κ1) is 18.5. The summed E-state index contributed by atoms with van der Waals surface area (Å²) in [6.07, 6.45) is 4.85. The summed E-state index contributed by atoms with van der Waals surface area (Å²) >= 11 is 0.